The molecule has 0 fully saturated rings. The van der Waals surface area contributed by atoms with Crippen molar-refractivity contribution in [2.45, 2.75) is 19.4 Å². The summed E-state index contributed by atoms with van der Waals surface area (Å²) in [6.07, 6.45) is 2.90. The van der Waals surface area contributed by atoms with Crippen molar-refractivity contribution in [3.8, 4) is 0 Å². The number of carbonyl (C=O) groups is 1. The van der Waals surface area contributed by atoms with Crippen molar-refractivity contribution in [3.05, 3.63) is 105 Å². The topological polar surface area (TPSA) is 110 Å². The summed E-state index contributed by atoms with van der Waals surface area (Å²) in [5, 5.41) is 12.9. The summed E-state index contributed by atoms with van der Waals surface area (Å²) in [5.41, 5.74) is 6.32. The maximum atomic E-state index is 13.8. The number of hydrogen-bond acceptors (Lipinski definition) is 5. The number of anilines is 1. The van der Waals surface area contributed by atoms with Gasteiger partial charge in [-0.1, -0.05) is 36.4 Å². The number of pyridine rings is 2. The molecular weight excluding hydrogens is 430 g/mol. The minimum absolute atomic E-state index is 0.0262. The Morgan fingerprint density at radius 3 is 2.52 bits per heavy atom. The Morgan fingerprint density at radius 2 is 1.79 bits per heavy atom. The van der Waals surface area contributed by atoms with Gasteiger partial charge < -0.3 is 16.3 Å². The predicted octanol–water partition coefficient (Wildman–Crippen LogP) is 3.21. The number of rotatable bonds is 6. The molecule has 7 nitrogen and oxygen atoms in total. The van der Waals surface area contributed by atoms with Crippen LogP contribution < -0.4 is 16.6 Å². The minimum atomic E-state index is -1.05. The van der Waals surface area contributed by atoms with Gasteiger partial charge in [0.15, 0.2) is 5.65 Å². The highest BCUT2D eigenvalue weighted by molar-refractivity contribution is 6.05. The van der Waals surface area contributed by atoms with Crippen LogP contribution in [0.5, 0.6) is 0 Å². The lowest BCUT2D eigenvalue weighted by Gasteiger charge is -2.12. The lowest BCUT2D eigenvalue weighted by Crippen LogP contribution is -2.34. The summed E-state index contributed by atoms with van der Waals surface area (Å²) in [4.78, 5) is 29.4. The maximum absolute atomic E-state index is 13.8. The van der Waals surface area contributed by atoms with Gasteiger partial charge in [-0.3, -0.25) is 9.59 Å². The third-order valence-corrected chi connectivity index (χ3v) is 5.32. The summed E-state index contributed by atoms with van der Waals surface area (Å²) in [5.74, 6) is -2.49. The highest BCUT2D eigenvalue weighted by Gasteiger charge is 2.22. The number of nitrogens with two attached hydrogens (primary N) is 1. The van der Waals surface area contributed by atoms with Crippen LogP contribution in [0, 0.1) is 11.6 Å². The molecule has 4 rings (SSSR count). The zero-order chi connectivity index (χ0) is 23.5. The lowest BCUT2D eigenvalue weighted by molar-refractivity contribution is 0.0944. The number of amides is 1. The molecule has 0 atom stereocenters. The summed E-state index contributed by atoms with van der Waals surface area (Å²) < 4.78 is 27.2. The summed E-state index contributed by atoms with van der Waals surface area (Å²) >= 11 is 0. The molecule has 0 spiro atoms. The van der Waals surface area contributed by atoms with Crippen molar-refractivity contribution in [2.75, 3.05) is 5.73 Å². The van der Waals surface area contributed by atoms with Gasteiger partial charge in [-0.05, 0) is 36.1 Å². The normalized spacial score (nSPS) is 11.0. The van der Waals surface area contributed by atoms with Crippen molar-refractivity contribution < 1.29 is 18.8 Å². The van der Waals surface area contributed by atoms with E-state index in [9.17, 15) is 23.6 Å². The van der Waals surface area contributed by atoms with Gasteiger partial charge in [-0.25, -0.2) is 13.8 Å². The van der Waals surface area contributed by atoms with Crippen molar-refractivity contribution in [1.29, 1.82) is 0 Å². The molecule has 2 aromatic carbocycles. The Balaban J connectivity index is 1.63. The van der Waals surface area contributed by atoms with E-state index in [1.807, 2.05) is 30.3 Å². The Bertz CT molecular complexity index is 1400. The maximum Gasteiger partial charge on any atom is 0.299 e. The SMILES string of the molecule is Nc1c(C(=O)NCc2ccc(F)cc2F)c(=O)n(O)c2ncc(CCc3ccccc3)cc12. The van der Waals surface area contributed by atoms with Gasteiger partial charge in [-0.15, -0.1) is 4.73 Å². The van der Waals surface area contributed by atoms with E-state index in [1.165, 1.54) is 12.3 Å². The number of hydrogen-bond donors (Lipinski definition) is 3. The molecular formula is C24H20F2N4O3. The predicted molar refractivity (Wildman–Crippen MR) is 119 cm³/mol. The van der Waals surface area contributed by atoms with E-state index in [1.54, 1.807) is 6.07 Å². The number of aryl methyl sites for hydroxylation is 2. The molecule has 9 heteroatoms. The average Bonchev–Trinajstić information content (AvgIpc) is 2.81. The Hall–Kier alpha value is -4.27. The molecule has 0 radical (unpaired) electrons. The third kappa shape index (κ3) is 4.52. The van der Waals surface area contributed by atoms with Crippen LogP contribution in [0.3, 0.4) is 0 Å². The molecule has 0 aliphatic heterocycles. The highest BCUT2D eigenvalue weighted by Crippen LogP contribution is 2.22. The van der Waals surface area contributed by atoms with Crippen LogP contribution >= 0.6 is 0 Å². The second-order valence-corrected chi connectivity index (χ2v) is 7.52. The third-order valence-electron chi connectivity index (χ3n) is 5.32. The molecule has 168 valence electrons. The second kappa shape index (κ2) is 9.07. The molecule has 2 aromatic heterocycles. The molecule has 0 saturated carbocycles. The molecule has 0 saturated heterocycles. The molecule has 0 unspecified atom stereocenters. The molecule has 4 N–H and O–H groups in total. The number of aromatic nitrogens is 2. The van der Waals surface area contributed by atoms with Gasteiger partial charge in [0.2, 0.25) is 0 Å². The first kappa shape index (κ1) is 21.9. The van der Waals surface area contributed by atoms with Crippen LogP contribution in [0.15, 0.2) is 65.6 Å². The fourth-order valence-electron chi connectivity index (χ4n) is 3.54. The molecule has 0 aliphatic rings. The van der Waals surface area contributed by atoms with Crippen LogP contribution in [-0.2, 0) is 19.4 Å². The Morgan fingerprint density at radius 1 is 1.06 bits per heavy atom. The smallest absolute Gasteiger partial charge is 0.299 e. The monoisotopic (exact) mass is 450 g/mol. The Kier molecular flexibility index (Phi) is 6.03. The summed E-state index contributed by atoms with van der Waals surface area (Å²) in [6.45, 7) is -0.303. The summed E-state index contributed by atoms with van der Waals surface area (Å²) in [6, 6.07) is 14.4. The lowest BCUT2D eigenvalue weighted by atomic mass is 10.0. The average molecular weight is 450 g/mol. The van der Waals surface area contributed by atoms with Crippen LogP contribution in [0.2, 0.25) is 0 Å². The van der Waals surface area contributed by atoms with E-state index in [4.69, 9.17) is 5.73 Å². The number of nitrogen functional groups attached to an aromatic ring is 1. The standard InChI is InChI=1S/C24H20F2N4O3/c25-17-9-8-16(19(26)11-17)13-29-23(31)20-21(27)18-10-15(7-6-14-4-2-1-3-5-14)12-28-22(18)30(33)24(20)32/h1-5,8-12,33H,6-7,13,27H2,(H,29,31). The van der Waals surface area contributed by atoms with E-state index in [0.717, 1.165) is 23.6 Å². The van der Waals surface area contributed by atoms with Gasteiger partial charge in [0.25, 0.3) is 11.5 Å². The van der Waals surface area contributed by atoms with E-state index in [2.05, 4.69) is 10.3 Å². The molecule has 0 bridgehead atoms. The number of fused-ring (bicyclic) bond motifs is 1. The largest absolute Gasteiger partial charge is 0.423 e. The minimum Gasteiger partial charge on any atom is -0.423 e. The first-order valence-electron chi connectivity index (χ1n) is 10.1. The van der Waals surface area contributed by atoms with Crippen molar-refractivity contribution >= 4 is 22.6 Å². The highest BCUT2D eigenvalue weighted by atomic mass is 19.1. The Labute approximate surface area is 187 Å². The molecule has 4 aromatic rings. The molecule has 1 amide bonds. The summed E-state index contributed by atoms with van der Waals surface area (Å²) in [7, 11) is 0. The first-order chi connectivity index (χ1) is 15.8. The van der Waals surface area contributed by atoms with Gasteiger partial charge in [-0.2, -0.15) is 0 Å². The van der Waals surface area contributed by atoms with E-state index >= 15 is 0 Å². The first-order valence-corrected chi connectivity index (χ1v) is 10.1. The number of nitrogens with zero attached hydrogens (tertiary/aromatic N) is 2. The number of nitrogens with one attached hydrogen (secondary N) is 1. The van der Waals surface area contributed by atoms with E-state index < -0.39 is 28.7 Å². The van der Waals surface area contributed by atoms with Crippen molar-refractivity contribution in [1.82, 2.24) is 15.0 Å². The fraction of sp³-hybridized carbons (Fsp3) is 0.125. The fourth-order valence-corrected chi connectivity index (χ4v) is 3.54. The van der Waals surface area contributed by atoms with Crippen molar-refractivity contribution in [2.24, 2.45) is 0 Å². The quantitative estimate of drug-likeness (QED) is 0.391. The zero-order valence-electron chi connectivity index (χ0n) is 17.4. The van der Waals surface area contributed by atoms with E-state index in [-0.39, 0.29) is 33.6 Å². The molecule has 0 aliphatic carbocycles. The number of carbonyl (C=O) groups excluding carboxylic acids is 1. The van der Waals surface area contributed by atoms with E-state index in [0.29, 0.717) is 12.5 Å². The zero-order valence-corrected chi connectivity index (χ0v) is 17.4. The molecule has 2 heterocycles. The van der Waals surface area contributed by atoms with Gasteiger partial charge in [0, 0.05) is 29.8 Å². The van der Waals surface area contributed by atoms with Crippen LogP contribution in [0.4, 0.5) is 14.5 Å². The number of halogens is 2. The van der Waals surface area contributed by atoms with Gasteiger partial charge in [0.1, 0.15) is 17.2 Å². The van der Waals surface area contributed by atoms with Crippen molar-refractivity contribution in [3.63, 3.8) is 0 Å². The van der Waals surface area contributed by atoms with Crippen LogP contribution in [-0.4, -0.2) is 20.8 Å². The van der Waals surface area contributed by atoms with Crippen LogP contribution in [0.25, 0.3) is 11.0 Å². The van der Waals surface area contributed by atoms with Gasteiger partial charge >= 0.3 is 0 Å². The van der Waals surface area contributed by atoms with Gasteiger partial charge in [0.05, 0.1) is 5.69 Å². The number of benzene rings is 2. The molecule has 33 heavy (non-hydrogen) atoms. The second-order valence-electron chi connectivity index (χ2n) is 7.52. The van der Waals surface area contributed by atoms with Crippen LogP contribution in [0.1, 0.15) is 27.0 Å².